The number of halogens is 1. The highest BCUT2D eigenvalue weighted by molar-refractivity contribution is 9.10. The van der Waals surface area contributed by atoms with Gasteiger partial charge in [-0.05, 0) is 58.9 Å². The molecule has 4 heteroatoms. The van der Waals surface area contributed by atoms with Gasteiger partial charge in [-0.3, -0.25) is 9.88 Å². The minimum atomic E-state index is 0.740. The number of fused-ring (bicyclic) bond motifs is 1. The molecule has 0 spiro atoms. The molecule has 18 heavy (non-hydrogen) atoms. The predicted octanol–water partition coefficient (Wildman–Crippen LogP) is 2.27. The summed E-state index contributed by atoms with van der Waals surface area (Å²) < 4.78 is 1.08. The molecule has 1 aromatic heterocycles. The van der Waals surface area contributed by atoms with E-state index in [0.29, 0.717) is 0 Å². The molecule has 0 radical (unpaired) electrons. The second-order valence-corrected chi connectivity index (χ2v) is 6.41. The smallest absolute Gasteiger partial charge is 0.0410 e. The summed E-state index contributed by atoms with van der Waals surface area (Å²) in [6, 6.07) is 2.93. The van der Waals surface area contributed by atoms with Crippen molar-refractivity contribution in [1.82, 2.24) is 15.2 Å². The lowest BCUT2D eigenvalue weighted by Crippen LogP contribution is -2.34. The highest BCUT2D eigenvalue weighted by atomic mass is 79.9. The number of nitrogens with one attached hydrogen (secondary N) is 1. The van der Waals surface area contributed by atoms with Gasteiger partial charge in [-0.2, -0.15) is 0 Å². The molecule has 1 N–H and O–H groups in total. The van der Waals surface area contributed by atoms with Crippen LogP contribution in [0, 0.1) is 11.8 Å². The zero-order chi connectivity index (χ0) is 12.5. The van der Waals surface area contributed by atoms with E-state index in [4.69, 9.17) is 0 Å². The van der Waals surface area contributed by atoms with E-state index in [1.165, 1.54) is 31.6 Å². The molecule has 3 atom stereocenters. The predicted molar refractivity (Wildman–Crippen MR) is 76.3 cm³/mol. The molecule has 2 saturated heterocycles. The van der Waals surface area contributed by atoms with Gasteiger partial charge < -0.3 is 5.32 Å². The lowest BCUT2D eigenvalue weighted by atomic mass is 9.93. The maximum Gasteiger partial charge on any atom is 0.0410 e. The second-order valence-electron chi connectivity index (χ2n) is 5.50. The molecule has 1 aromatic rings. The van der Waals surface area contributed by atoms with E-state index >= 15 is 0 Å². The first kappa shape index (κ1) is 12.6. The normalized spacial score (nSPS) is 31.8. The molecule has 0 amide bonds. The van der Waals surface area contributed by atoms with Crippen molar-refractivity contribution in [2.45, 2.75) is 25.9 Å². The molecule has 3 heterocycles. The molecule has 2 fully saturated rings. The Morgan fingerprint density at radius 1 is 1.44 bits per heavy atom. The average molecular weight is 310 g/mol. The Hall–Kier alpha value is -0.450. The highest BCUT2D eigenvalue weighted by Crippen LogP contribution is 2.35. The van der Waals surface area contributed by atoms with Crippen molar-refractivity contribution in [2.75, 3.05) is 19.6 Å². The maximum atomic E-state index is 4.26. The Morgan fingerprint density at radius 3 is 3.11 bits per heavy atom. The van der Waals surface area contributed by atoms with Crippen LogP contribution >= 0.6 is 15.9 Å². The lowest BCUT2D eigenvalue weighted by molar-refractivity contribution is 0.210. The van der Waals surface area contributed by atoms with Crippen LogP contribution in [0.2, 0.25) is 0 Å². The Kier molecular flexibility index (Phi) is 3.68. The van der Waals surface area contributed by atoms with Crippen LogP contribution in [0.15, 0.2) is 22.9 Å². The number of likely N-dealkylation sites (tertiary alicyclic amines) is 1. The van der Waals surface area contributed by atoms with E-state index in [-0.39, 0.29) is 0 Å². The van der Waals surface area contributed by atoms with E-state index in [1.54, 1.807) is 0 Å². The minimum Gasteiger partial charge on any atom is -0.316 e. The number of nitrogens with zero attached hydrogens (tertiary/aromatic N) is 2. The fourth-order valence-electron chi connectivity index (χ4n) is 3.63. The Balaban J connectivity index is 1.73. The van der Waals surface area contributed by atoms with E-state index in [0.717, 1.165) is 28.9 Å². The van der Waals surface area contributed by atoms with Gasteiger partial charge >= 0.3 is 0 Å². The van der Waals surface area contributed by atoms with Crippen LogP contribution in [0.25, 0.3) is 0 Å². The Morgan fingerprint density at radius 2 is 2.33 bits per heavy atom. The largest absolute Gasteiger partial charge is 0.316 e. The van der Waals surface area contributed by atoms with Gasteiger partial charge in [-0.25, -0.2) is 0 Å². The summed E-state index contributed by atoms with van der Waals surface area (Å²) in [5.41, 5.74) is 1.32. The summed E-state index contributed by atoms with van der Waals surface area (Å²) >= 11 is 3.50. The maximum absolute atomic E-state index is 4.26. The quantitative estimate of drug-likeness (QED) is 0.928. The fraction of sp³-hybridized carbons (Fsp3) is 0.643. The molecule has 98 valence electrons. The number of rotatable bonds is 3. The second kappa shape index (κ2) is 5.27. The molecular weight excluding hydrogens is 290 g/mol. The topological polar surface area (TPSA) is 28.2 Å². The average Bonchev–Trinajstić information content (AvgIpc) is 2.89. The number of aromatic nitrogens is 1. The Bertz CT molecular complexity index is 423. The van der Waals surface area contributed by atoms with Gasteiger partial charge in [0.25, 0.3) is 0 Å². The summed E-state index contributed by atoms with van der Waals surface area (Å²) in [5, 5.41) is 3.54. The third-order valence-corrected chi connectivity index (χ3v) is 4.82. The highest BCUT2D eigenvalue weighted by Gasteiger charge is 2.42. The van der Waals surface area contributed by atoms with Crippen molar-refractivity contribution in [2.24, 2.45) is 11.8 Å². The number of hydrogen-bond donors (Lipinski definition) is 1. The molecule has 3 nitrogen and oxygen atoms in total. The zero-order valence-electron chi connectivity index (χ0n) is 10.8. The van der Waals surface area contributed by atoms with Gasteiger partial charge in [0, 0.05) is 36.0 Å². The minimum absolute atomic E-state index is 0.740. The molecule has 0 bridgehead atoms. The summed E-state index contributed by atoms with van der Waals surface area (Å²) in [6.45, 7) is 7.00. The standard InChI is InChI=1S/C14H20BrN3/c1-2-14-13-7-17-5-11(13)9-18(14)8-10-3-12(15)6-16-4-10/h3-4,6,11,13-14,17H,2,5,7-9H2,1H3. The van der Waals surface area contributed by atoms with Crippen molar-refractivity contribution < 1.29 is 0 Å². The molecule has 3 unspecified atom stereocenters. The van der Waals surface area contributed by atoms with Crippen LogP contribution in [0.3, 0.4) is 0 Å². The number of pyridine rings is 1. The lowest BCUT2D eigenvalue weighted by Gasteiger charge is -2.26. The number of hydrogen-bond acceptors (Lipinski definition) is 3. The van der Waals surface area contributed by atoms with Gasteiger partial charge in [0.15, 0.2) is 0 Å². The van der Waals surface area contributed by atoms with Gasteiger partial charge in [-0.15, -0.1) is 0 Å². The summed E-state index contributed by atoms with van der Waals surface area (Å²) in [4.78, 5) is 6.92. The molecule has 2 aliphatic rings. The first-order chi connectivity index (χ1) is 8.78. The molecule has 0 aliphatic carbocycles. The summed E-state index contributed by atoms with van der Waals surface area (Å²) in [6.07, 6.45) is 5.09. The van der Waals surface area contributed by atoms with Crippen LogP contribution in [0.1, 0.15) is 18.9 Å². The van der Waals surface area contributed by atoms with Crippen molar-refractivity contribution in [1.29, 1.82) is 0 Å². The van der Waals surface area contributed by atoms with E-state index in [9.17, 15) is 0 Å². The zero-order valence-corrected chi connectivity index (χ0v) is 12.4. The van der Waals surface area contributed by atoms with Crippen LogP contribution in [0.4, 0.5) is 0 Å². The van der Waals surface area contributed by atoms with Gasteiger partial charge in [0.2, 0.25) is 0 Å². The fourth-order valence-corrected chi connectivity index (χ4v) is 4.04. The van der Waals surface area contributed by atoms with E-state index < -0.39 is 0 Å². The van der Waals surface area contributed by atoms with Crippen LogP contribution in [-0.2, 0) is 6.54 Å². The monoisotopic (exact) mass is 309 g/mol. The van der Waals surface area contributed by atoms with Gasteiger partial charge in [-0.1, -0.05) is 6.92 Å². The third kappa shape index (κ3) is 2.33. The van der Waals surface area contributed by atoms with Gasteiger partial charge in [0.1, 0.15) is 0 Å². The van der Waals surface area contributed by atoms with Crippen LogP contribution < -0.4 is 5.32 Å². The summed E-state index contributed by atoms with van der Waals surface area (Å²) in [5.74, 6) is 1.71. The molecule has 2 aliphatic heterocycles. The van der Waals surface area contributed by atoms with Crippen molar-refractivity contribution in [3.05, 3.63) is 28.5 Å². The van der Waals surface area contributed by atoms with Gasteiger partial charge in [0.05, 0.1) is 0 Å². The molecule has 3 rings (SSSR count). The van der Waals surface area contributed by atoms with Crippen molar-refractivity contribution in [3.8, 4) is 0 Å². The van der Waals surface area contributed by atoms with E-state index in [2.05, 4.69) is 44.1 Å². The van der Waals surface area contributed by atoms with E-state index in [1.807, 2.05) is 12.4 Å². The first-order valence-electron chi connectivity index (χ1n) is 6.82. The molecule has 0 aromatic carbocycles. The first-order valence-corrected chi connectivity index (χ1v) is 7.61. The third-order valence-electron chi connectivity index (χ3n) is 4.39. The molecule has 0 saturated carbocycles. The van der Waals surface area contributed by atoms with Crippen LogP contribution in [0.5, 0.6) is 0 Å². The van der Waals surface area contributed by atoms with Crippen LogP contribution in [-0.4, -0.2) is 35.6 Å². The SMILES string of the molecule is CCC1C2CNCC2CN1Cc1cncc(Br)c1. The van der Waals surface area contributed by atoms with Crippen molar-refractivity contribution >= 4 is 15.9 Å². The van der Waals surface area contributed by atoms with Crippen molar-refractivity contribution in [3.63, 3.8) is 0 Å². The summed E-state index contributed by atoms with van der Waals surface area (Å²) in [7, 11) is 0. The Labute approximate surface area is 117 Å². The molecular formula is C14H20BrN3.